The number of hydrogen-bond acceptors (Lipinski definition) is 7. The van der Waals surface area contributed by atoms with Gasteiger partial charge in [0, 0.05) is 49.7 Å². The van der Waals surface area contributed by atoms with Crippen LogP contribution in [-0.2, 0) is 7.05 Å². The summed E-state index contributed by atoms with van der Waals surface area (Å²) in [6.45, 7) is 1.77. The van der Waals surface area contributed by atoms with Crippen molar-refractivity contribution in [3.8, 4) is 28.6 Å². The van der Waals surface area contributed by atoms with Gasteiger partial charge >= 0.3 is 0 Å². The standard InChI is InChI=1S/C21H21N9/c1-28-11-16(10-25-28)18-13-30-21(15(7-22)9-26-30)20(27-18)14-4-5-19(24-8-14)29-6-2-3-17(23)12-29/h4-5,8-11,13,17H,2-3,6,12,23H2,1H3/t17-/m0/s1. The van der Waals surface area contributed by atoms with Gasteiger partial charge in [0.1, 0.15) is 23.0 Å². The van der Waals surface area contributed by atoms with Crippen LogP contribution in [0.2, 0.25) is 0 Å². The van der Waals surface area contributed by atoms with Crippen molar-refractivity contribution in [1.29, 1.82) is 5.26 Å². The van der Waals surface area contributed by atoms with Crippen molar-refractivity contribution in [3.63, 3.8) is 0 Å². The third kappa shape index (κ3) is 3.17. The average Bonchev–Trinajstić information content (AvgIpc) is 3.39. The third-order valence-corrected chi connectivity index (χ3v) is 5.42. The van der Waals surface area contributed by atoms with Crippen LogP contribution in [0.5, 0.6) is 0 Å². The molecule has 1 aliphatic heterocycles. The van der Waals surface area contributed by atoms with Crippen molar-refractivity contribution in [2.24, 2.45) is 12.8 Å². The molecule has 4 aromatic heterocycles. The second kappa shape index (κ2) is 7.24. The minimum atomic E-state index is 0.183. The first-order chi connectivity index (χ1) is 14.6. The van der Waals surface area contributed by atoms with Crippen LogP contribution in [0.1, 0.15) is 18.4 Å². The molecule has 0 spiro atoms. The first kappa shape index (κ1) is 18.3. The molecule has 2 N–H and O–H groups in total. The lowest BCUT2D eigenvalue weighted by Gasteiger charge is -2.31. The van der Waals surface area contributed by atoms with Crippen LogP contribution < -0.4 is 10.6 Å². The molecule has 5 heterocycles. The number of fused-ring (bicyclic) bond motifs is 1. The van der Waals surface area contributed by atoms with Crippen LogP contribution >= 0.6 is 0 Å². The van der Waals surface area contributed by atoms with Crippen molar-refractivity contribution >= 4 is 11.3 Å². The number of anilines is 1. The number of nitrogens with two attached hydrogens (primary N) is 1. The van der Waals surface area contributed by atoms with Gasteiger partial charge < -0.3 is 10.6 Å². The third-order valence-electron chi connectivity index (χ3n) is 5.42. The van der Waals surface area contributed by atoms with Crippen molar-refractivity contribution in [1.82, 2.24) is 29.4 Å². The summed E-state index contributed by atoms with van der Waals surface area (Å²) >= 11 is 0. The van der Waals surface area contributed by atoms with Crippen molar-refractivity contribution in [2.75, 3.05) is 18.0 Å². The van der Waals surface area contributed by atoms with E-state index in [4.69, 9.17) is 10.7 Å². The topological polar surface area (TPSA) is 114 Å². The first-order valence-electron chi connectivity index (χ1n) is 9.87. The van der Waals surface area contributed by atoms with E-state index < -0.39 is 0 Å². The number of aromatic nitrogens is 6. The van der Waals surface area contributed by atoms with E-state index in [1.807, 2.05) is 31.6 Å². The Hall–Kier alpha value is -3.77. The Balaban J connectivity index is 1.60. The van der Waals surface area contributed by atoms with Crippen LogP contribution in [0.15, 0.2) is 43.1 Å². The van der Waals surface area contributed by atoms with Crippen molar-refractivity contribution in [3.05, 3.63) is 48.7 Å². The van der Waals surface area contributed by atoms with E-state index in [-0.39, 0.29) is 6.04 Å². The highest BCUT2D eigenvalue weighted by Crippen LogP contribution is 2.29. The monoisotopic (exact) mass is 399 g/mol. The SMILES string of the molecule is Cn1cc(-c2cn3ncc(C#N)c3c(-c3ccc(N4CCC[C@H](N)C4)nc3)n2)cn1. The summed E-state index contributed by atoms with van der Waals surface area (Å²) < 4.78 is 3.42. The molecule has 4 aromatic rings. The predicted octanol–water partition coefficient (Wildman–Crippen LogP) is 1.99. The van der Waals surface area contributed by atoms with Crippen LogP contribution in [-0.4, -0.2) is 48.5 Å². The molecule has 1 aliphatic rings. The van der Waals surface area contributed by atoms with Gasteiger partial charge in [-0.3, -0.25) is 4.68 Å². The summed E-state index contributed by atoms with van der Waals surface area (Å²) in [5, 5.41) is 18.1. The predicted molar refractivity (Wildman–Crippen MR) is 113 cm³/mol. The Labute approximate surface area is 173 Å². The summed E-state index contributed by atoms with van der Waals surface area (Å²) in [6, 6.07) is 6.37. The number of nitriles is 1. The molecule has 9 nitrogen and oxygen atoms in total. The smallest absolute Gasteiger partial charge is 0.128 e. The average molecular weight is 399 g/mol. The van der Waals surface area contributed by atoms with E-state index in [1.54, 1.807) is 27.8 Å². The lowest BCUT2D eigenvalue weighted by atomic mass is 10.1. The van der Waals surface area contributed by atoms with Crippen molar-refractivity contribution < 1.29 is 0 Å². The van der Waals surface area contributed by atoms with Gasteiger partial charge in [-0.25, -0.2) is 14.5 Å². The van der Waals surface area contributed by atoms with Gasteiger partial charge in [-0.2, -0.15) is 15.5 Å². The fourth-order valence-corrected chi connectivity index (χ4v) is 3.92. The normalized spacial score (nSPS) is 16.7. The molecule has 0 radical (unpaired) electrons. The number of hydrogen-bond donors (Lipinski definition) is 1. The maximum absolute atomic E-state index is 9.55. The maximum Gasteiger partial charge on any atom is 0.128 e. The zero-order valence-electron chi connectivity index (χ0n) is 16.6. The molecule has 30 heavy (non-hydrogen) atoms. The fraction of sp³-hybridized carbons (Fsp3) is 0.286. The molecule has 1 atom stereocenters. The van der Waals surface area contributed by atoms with E-state index in [2.05, 4.69) is 26.2 Å². The van der Waals surface area contributed by atoms with Gasteiger partial charge in [-0.05, 0) is 25.0 Å². The van der Waals surface area contributed by atoms with Crippen molar-refractivity contribution in [2.45, 2.75) is 18.9 Å². The fourth-order valence-electron chi connectivity index (χ4n) is 3.92. The molecule has 0 unspecified atom stereocenters. The van der Waals surface area contributed by atoms with Gasteiger partial charge in [-0.1, -0.05) is 0 Å². The first-order valence-corrected chi connectivity index (χ1v) is 9.87. The molecule has 1 fully saturated rings. The van der Waals surface area contributed by atoms with Gasteiger partial charge in [-0.15, -0.1) is 0 Å². The summed E-state index contributed by atoms with van der Waals surface area (Å²) in [5.74, 6) is 0.905. The second-order valence-corrected chi connectivity index (χ2v) is 7.59. The van der Waals surface area contributed by atoms with E-state index in [9.17, 15) is 5.26 Å². The van der Waals surface area contributed by atoms with Gasteiger partial charge in [0.25, 0.3) is 0 Å². The summed E-state index contributed by atoms with van der Waals surface area (Å²) in [6.07, 6.45) is 11.0. The lowest BCUT2D eigenvalue weighted by molar-refractivity contribution is 0.503. The highest BCUT2D eigenvalue weighted by atomic mass is 15.2. The Bertz CT molecular complexity index is 1250. The lowest BCUT2D eigenvalue weighted by Crippen LogP contribution is -2.43. The summed E-state index contributed by atoms with van der Waals surface area (Å²) in [7, 11) is 1.86. The molecule has 5 rings (SSSR count). The van der Waals surface area contributed by atoms with Crippen LogP contribution in [0.25, 0.3) is 28.0 Å². The summed E-state index contributed by atoms with van der Waals surface area (Å²) in [5.41, 5.74) is 10.3. The largest absolute Gasteiger partial charge is 0.355 e. The molecular formula is C21H21N9. The number of nitrogens with zero attached hydrogens (tertiary/aromatic N) is 8. The van der Waals surface area contributed by atoms with Crippen LogP contribution in [0, 0.1) is 11.3 Å². The number of aryl methyl sites for hydroxylation is 1. The number of pyridine rings is 1. The Morgan fingerprint density at radius 1 is 1.13 bits per heavy atom. The molecule has 0 saturated carbocycles. The van der Waals surface area contributed by atoms with Crippen LogP contribution in [0.3, 0.4) is 0 Å². The quantitative estimate of drug-likeness (QED) is 0.560. The minimum absolute atomic E-state index is 0.183. The number of piperidine rings is 1. The van der Waals surface area contributed by atoms with E-state index in [1.165, 1.54) is 0 Å². The molecule has 0 aliphatic carbocycles. The molecule has 0 bridgehead atoms. The van der Waals surface area contributed by atoms with Crippen LogP contribution in [0.4, 0.5) is 5.82 Å². The molecule has 1 saturated heterocycles. The Kier molecular flexibility index (Phi) is 4.41. The highest BCUT2D eigenvalue weighted by molar-refractivity contribution is 5.83. The maximum atomic E-state index is 9.55. The second-order valence-electron chi connectivity index (χ2n) is 7.59. The molecule has 0 aromatic carbocycles. The molecular weight excluding hydrogens is 378 g/mol. The van der Waals surface area contributed by atoms with Gasteiger partial charge in [0.2, 0.25) is 0 Å². The zero-order valence-corrected chi connectivity index (χ0v) is 16.6. The highest BCUT2D eigenvalue weighted by Gasteiger charge is 2.19. The van der Waals surface area contributed by atoms with Gasteiger partial charge in [0.15, 0.2) is 0 Å². The molecule has 150 valence electrons. The number of rotatable bonds is 3. The van der Waals surface area contributed by atoms with Gasteiger partial charge in [0.05, 0.1) is 30.0 Å². The Morgan fingerprint density at radius 2 is 2.03 bits per heavy atom. The molecule has 0 amide bonds. The molecule has 9 heteroatoms. The summed E-state index contributed by atoms with van der Waals surface area (Å²) in [4.78, 5) is 11.7. The zero-order chi connectivity index (χ0) is 20.7. The minimum Gasteiger partial charge on any atom is -0.355 e. The van der Waals surface area contributed by atoms with E-state index in [0.29, 0.717) is 16.8 Å². The van der Waals surface area contributed by atoms with E-state index >= 15 is 0 Å². The van der Waals surface area contributed by atoms with E-state index in [0.717, 1.165) is 48.6 Å². The Morgan fingerprint density at radius 3 is 2.73 bits per heavy atom.